The quantitative estimate of drug-likeness (QED) is 0.576. The molecule has 0 radical (unpaired) electrons. The molecule has 1 aromatic heterocycles. The second-order valence-corrected chi connectivity index (χ2v) is 6.66. The maximum atomic E-state index is 12.2. The van der Waals surface area contributed by atoms with Crippen molar-refractivity contribution in [1.29, 1.82) is 0 Å². The Kier molecular flexibility index (Phi) is 5.82. The van der Waals surface area contributed by atoms with E-state index in [-0.39, 0.29) is 18.1 Å². The monoisotopic (exact) mass is 394 g/mol. The van der Waals surface area contributed by atoms with Gasteiger partial charge in [-0.2, -0.15) is 5.10 Å². The Bertz CT molecular complexity index is 1020. The molecule has 8 nitrogen and oxygen atoms in total. The van der Waals surface area contributed by atoms with Gasteiger partial charge in [-0.3, -0.25) is 20.4 Å². The average molecular weight is 394 g/mol. The molecule has 2 amide bonds. The van der Waals surface area contributed by atoms with Crippen LogP contribution in [-0.4, -0.2) is 33.3 Å². The van der Waals surface area contributed by atoms with Crippen molar-refractivity contribution in [3.8, 4) is 17.2 Å². The molecule has 3 aromatic rings. The van der Waals surface area contributed by atoms with Gasteiger partial charge in [0.05, 0.1) is 11.9 Å². The number of carbonyl (C=O) groups is 2. The molecule has 0 aliphatic heterocycles. The number of ether oxygens (including phenoxy) is 1. The number of hydrogen-bond donors (Lipinski definition) is 3. The van der Waals surface area contributed by atoms with E-state index in [1.54, 1.807) is 12.1 Å². The summed E-state index contributed by atoms with van der Waals surface area (Å²) >= 11 is 0. The zero-order valence-electron chi connectivity index (χ0n) is 16.4. The highest BCUT2D eigenvalue weighted by atomic mass is 16.5. The standard InChI is InChI=1S/C21H22N4O4/c1-13-9-14(2)20(15(3)10-13)29-12-18(27)22-23-21(28)19-17(26)11-25(24-19)16-7-5-4-6-8-16/h4-11,26H,12H2,1-3H3,(H,22,27)(H,23,28). The fourth-order valence-electron chi connectivity index (χ4n) is 2.99. The van der Waals surface area contributed by atoms with Gasteiger partial charge in [-0.1, -0.05) is 35.9 Å². The summed E-state index contributed by atoms with van der Waals surface area (Å²) in [4.78, 5) is 24.2. The molecule has 0 bridgehead atoms. The third-order valence-corrected chi connectivity index (χ3v) is 4.20. The number of aromatic hydroxyl groups is 1. The normalized spacial score (nSPS) is 10.4. The summed E-state index contributed by atoms with van der Waals surface area (Å²) in [6.45, 7) is 5.53. The Labute approximate surface area is 168 Å². The smallest absolute Gasteiger partial charge is 0.294 e. The largest absolute Gasteiger partial charge is 0.504 e. The summed E-state index contributed by atoms with van der Waals surface area (Å²) in [7, 11) is 0. The summed E-state index contributed by atoms with van der Waals surface area (Å²) in [5.41, 5.74) is 7.92. The zero-order chi connectivity index (χ0) is 21.0. The van der Waals surface area contributed by atoms with E-state index < -0.39 is 11.8 Å². The van der Waals surface area contributed by atoms with Crippen LogP contribution in [0.25, 0.3) is 5.69 Å². The fourth-order valence-corrected chi connectivity index (χ4v) is 2.99. The van der Waals surface area contributed by atoms with Crippen molar-refractivity contribution in [2.24, 2.45) is 0 Å². The number of rotatable bonds is 5. The number of amides is 2. The van der Waals surface area contributed by atoms with Crippen molar-refractivity contribution in [2.45, 2.75) is 20.8 Å². The van der Waals surface area contributed by atoms with Crippen molar-refractivity contribution in [1.82, 2.24) is 20.6 Å². The maximum Gasteiger partial charge on any atom is 0.294 e. The van der Waals surface area contributed by atoms with Gasteiger partial charge in [0.2, 0.25) is 0 Å². The van der Waals surface area contributed by atoms with Crippen LogP contribution < -0.4 is 15.6 Å². The van der Waals surface area contributed by atoms with E-state index in [2.05, 4.69) is 16.0 Å². The first-order valence-corrected chi connectivity index (χ1v) is 8.99. The fraction of sp³-hybridized carbons (Fsp3) is 0.190. The molecule has 0 fully saturated rings. The van der Waals surface area contributed by atoms with Crippen molar-refractivity contribution < 1.29 is 19.4 Å². The van der Waals surface area contributed by atoms with Crippen LogP contribution in [-0.2, 0) is 4.79 Å². The van der Waals surface area contributed by atoms with E-state index in [9.17, 15) is 14.7 Å². The predicted molar refractivity (Wildman–Crippen MR) is 107 cm³/mol. The van der Waals surface area contributed by atoms with Crippen LogP contribution in [0.15, 0.2) is 48.7 Å². The topological polar surface area (TPSA) is 105 Å². The number of hydrazine groups is 1. The Morgan fingerprint density at radius 3 is 2.38 bits per heavy atom. The van der Waals surface area contributed by atoms with Gasteiger partial charge < -0.3 is 9.84 Å². The zero-order valence-corrected chi connectivity index (χ0v) is 16.4. The molecule has 3 rings (SSSR count). The van der Waals surface area contributed by atoms with Crippen molar-refractivity contribution in [2.75, 3.05) is 6.61 Å². The number of para-hydroxylation sites is 1. The first-order valence-electron chi connectivity index (χ1n) is 8.99. The van der Waals surface area contributed by atoms with Gasteiger partial charge in [-0.15, -0.1) is 0 Å². The van der Waals surface area contributed by atoms with E-state index >= 15 is 0 Å². The lowest BCUT2D eigenvalue weighted by Crippen LogP contribution is -2.44. The summed E-state index contributed by atoms with van der Waals surface area (Å²) in [6, 6.07) is 13.0. The predicted octanol–water partition coefficient (Wildman–Crippen LogP) is 2.34. The van der Waals surface area contributed by atoms with Gasteiger partial charge in [0.15, 0.2) is 18.1 Å². The Morgan fingerprint density at radius 2 is 1.72 bits per heavy atom. The summed E-state index contributed by atoms with van der Waals surface area (Å²) in [5.74, 6) is -0.952. The lowest BCUT2D eigenvalue weighted by atomic mass is 10.1. The Morgan fingerprint density at radius 1 is 1.07 bits per heavy atom. The lowest BCUT2D eigenvalue weighted by Gasteiger charge is -2.13. The molecule has 2 aromatic carbocycles. The summed E-state index contributed by atoms with van der Waals surface area (Å²) < 4.78 is 6.95. The van der Waals surface area contributed by atoms with E-state index in [0.717, 1.165) is 16.7 Å². The SMILES string of the molecule is Cc1cc(C)c(OCC(=O)NNC(=O)c2nn(-c3ccccc3)cc2O)c(C)c1. The summed E-state index contributed by atoms with van der Waals surface area (Å²) in [5, 5.41) is 14.0. The molecule has 0 saturated carbocycles. The Balaban J connectivity index is 1.57. The van der Waals surface area contributed by atoms with E-state index in [0.29, 0.717) is 11.4 Å². The van der Waals surface area contributed by atoms with Gasteiger partial charge in [0.1, 0.15) is 5.75 Å². The van der Waals surface area contributed by atoms with Crippen molar-refractivity contribution >= 4 is 11.8 Å². The minimum absolute atomic E-state index is 0.208. The molecule has 0 spiro atoms. The molecule has 0 aliphatic carbocycles. The molecular weight excluding hydrogens is 372 g/mol. The minimum Gasteiger partial charge on any atom is -0.504 e. The number of aryl methyl sites for hydroxylation is 3. The second kappa shape index (κ2) is 8.47. The number of hydrogen-bond acceptors (Lipinski definition) is 5. The first-order chi connectivity index (χ1) is 13.8. The number of nitrogens with one attached hydrogen (secondary N) is 2. The van der Waals surface area contributed by atoms with E-state index in [1.165, 1.54) is 10.9 Å². The highest BCUT2D eigenvalue weighted by Gasteiger charge is 2.18. The molecule has 0 aliphatic rings. The van der Waals surface area contributed by atoms with Gasteiger partial charge in [-0.05, 0) is 44.0 Å². The average Bonchev–Trinajstić information content (AvgIpc) is 3.08. The van der Waals surface area contributed by atoms with Crippen LogP contribution in [0.4, 0.5) is 0 Å². The molecule has 8 heteroatoms. The third-order valence-electron chi connectivity index (χ3n) is 4.20. The number of nitrogens with zero attached hydrogens (tertiary/aromatic N) is 2. The number of carbonyl (C=O) groups excluding carboxylic acids is 2. The lowest BCUT2D eigenvalue weighted by molar-refractivity contribution is -0.123. The molecule has 0 saturated heterocycles. The van der Waals surface area contributed by atoms with Gasteiger partial charge >= 0.3 is 0 Å². The second-order valence-electron chi connectivity index (χ2n) is 6.66. The maximum absolute atomic E-state index is 12.2. The molecule has 1 heterocycles. The van der Waals surface area contributed by atoms with E-state index in [4.69, 9.17) is 4.74 Å². The summed E-state index contributed by atoms with van der Waals surface area (Å²) in [6.07, 6.45) is 1.32. The number of aromatic nitrogens is 2. The molecule has 3 N–H and O–H groups in total. The molecule has 150 valence electrons. The van der Waals surface area contributed by atoms with Crippen molar-refractivity contribution in [3.05, 3.63) is 71.0 Å². The van der Waals surface area contributed by atoms with Gasteiger partial charge in [0.25, 0.3) is 11.8 Å². The van der Waals surface area contributed by atoms with Gasteiger partial charge in [0, 0.05) is 0 Å². The molecule has 0 unspecified atom stereocenters. The number of benzene rings is 2. The van der Waals surface area contributed by atoms with Crippen LogP contribution in [0.1, 0.15) is 27.2 Å². The van der Waals surface area contributed by atoms with Gasteiger partial charge in [-0.25, -0.2) is 4.68 Å². The van der Waals surface area contributed by atoms with Crippen LogP contribution in [0, 0.1) is 20.8 Å². The van der Waals surface area contributed by atoms with Crippen LogP contribution in [0.2, 0.25) is 0 Å². The van der Waals surface area contributed by atoms with E-state index in [1.807, 2.05) is 51.1 Å². The van der Waals surface area contributed by atoms with Crippen molar-refractivity contribution in [3.63, 3.8) is 0 Å². The minimum atomic E-state index is -0.742. The highest BCUT2D eigenvalue weighted by molar-refractivity contribution is 5.96. The highest BCUT2D eigenvalue weighted by Crippen LogP contribution is 2.24. The first kappa shape index (κ1) is 19.9. The molecule has 29 heavy (non-hydrogen) atoms. The van der Waals surface area contributed by atoms with Crippen LogP contribution >= 0.6 is 0 Å². The third kappa shape index (κ3) is 4.73. The molecular formula is C21H22N4O4. The molecule has 0 atom stereocenters. The Hall–Kier alpha value is -3.81. The van der Waals surface area contributed by atoms with Crippen LogP contribution in [0.5, 0.6) is 11.5 Å². The van der Waals surface area contributed by atoms with Crippen LogP contribution in [0.3, 0.4) is 0 Å².